The summed E-state index contributed by atoms with van der Waals surface area (Å²) in [4.78, 5) is 21.4. The number of ether oxygens (including phenoxy) is 1. The second-order valence-electron chi connectivity index (χ2n) is 6.65. The second kappa shape index (κ2) is 7.77. The van der Waals surface area contributed by atoms with Crippen LogP contribution in [0, 0.1) is 0 Å². The van der Waals surface area contributed by atoms with E-state index in [1.807, 2.05) is 54.0 Å². The zero-order chi connectivity index (χ0) is 16.9. The van der Waals surface area contributed by atoms with Gasteiger partial charge in [0.05, 0.1) is 18.2 Å². The summed E-state index contributed by atoms with van der Waals surface area (Å²) in [7, 11) is 4.05. The Morgan fingerprint density at radius 3 is 2.96 bits per heavy atom. The van der Waals surface area contributed by atoms with Crippen molar-refractivity contribution in [3.63, 3.8) is 0 Å². The van der Waals surface area contributed by atoms with Crippen LogP contribution in [-0.2, 0) is 16.0 Å². The fraction of sp³-hybridized carbons (Fsp3) is 0.556. The highest BCUT2D eigenvalue weighted by Gasteiger charge is 2.23. The zero-order valence-electron chi connectivity index (χ0n) is 14.5. The molecule has 6 heteroatoms. The number of aromatic nitrogens is 2. The van der Waals surface area contributed by atoms with E-state index in [0.29, 0.717) is 13.0 Å². The maximum atomic E-state index is 12.8. The van der Waals surface area contributed by atoms with Gasteiger partial charge in [-0.05, 0) is 39.1 Å². The van der Waals surface area contributed by atoms with Crippen molar-refractivity contribution in [3.05, 3.63) is 36.3 Å². The predicted molar refractivity (Wildman–Crippen MR) is 93.0 cm³/mol. The number of fused-ring (bicyclic) bond motifs is 1. The normalized spacial score (nSPS) is 17.7. The number of hydrogen-bond acceptors (Lipinski definition) is 4. The minimum absolute atomic E-state index is 0.121. The Hall–Kier alpha value is -1.92. The van der Waals surface area contributed by atoms with Crippen molar-refractivity contribution in [2.45, 2.75) is 25.4 Å². The summed E-state index contributed by atoms with van der Waals surface area (Å²) in [5.41, 5.74) is 1.69. The summed E-state index contributed by atoms with van der Waals surface area (Å²) in [5.74, 6) is 0.121. The van der Waals surface area contributed by atoms with Crippen molar-refractivity contribution in [1.82, 2.24) is 19.2 Å². The van der Waals surface area contributed by atoms with Crippen LogP contribution in [0.25, 0.3) is 5.65 Å². The Balaban J connectivity index is 1.66. The van der Waals surface area contributed by atoms with Crippen molar-refractivity contribution in [2.75, 3.05) is 40.3 Å². The van der Waals surface area contributed by atoms with Crippen molar-refractivity contribution in [3.8, 4) is 0 Å². The molecule has 3 heterocycles. The number of amides is 1. The van der Waals surface area contributed by atoms with Gasteiger partial charge in [-0.2, -0.15) is 0 Å². The van der Waals surface area contributed by atoms with Gasteiger partial charge in [-0.3, -0.25) is 4.79 Å². The van der Waals surface area contributed by atoms with E-state index in [0.717, 1.165) is 43.9 Å². The van der Waals surface area contributed by atoms with Gasteiger partial charge in [0.1, 0.15) is 5.65 Å². The minimum Gasteiger partial charge on any atom is -0.376 e. The van der Waals surface area contributed by atoms with Crippen LogP contribution in [-0.4, -0.2) is 71.5 Å². The Morgan fingerprint density at radius 2 is 2.25 bits per heavy atom. The van der Waals surface area contributed by atoms with Gasteiger partial charge < -0.3 is 18.9 Å². The van der Waals surface area contributed by atoms with Gasteiger partial charge in [0.25, 0.3) is 0 Å². The highest BCUT2D eigenvalue weighted by molar-refractivity contribution is 5.78. The molecule has 3 rings (SSSR count). The zero-order valence-corrected chi connectivity index (χ0v) is 14.5. The molecule has 1 saturated heterocycles. The van der Waals surface area contributed by atoms with Gasteiger partial charge in [-0.1, -0.05) is 6.07 Å². The van der Waals surface area contributed by atoms with E-state index < -0.39 is 0 Å². The van der Waals surface area contributed by atoms with Gasteiger partial charge in [0.2, 0.25) is 5.91 Å². The Morgan fingerprint density at radius 1 is 1.38 bits per heavy atom. The van der Waals surface area contributed by atoms with Crippen LogP contribution in [0.2, 0.25) is 0 Å². The first-order valence-electron chi connectivity index (χ1n) is 8.58. The van der Waals surface area contributed by atoms with E-state index in [4.69, 9.17) is 4.74 Å². The number of carbonyl (C=O) groups excluding carboxylic acids is 1. The van der Waals surface area contributed by atoms with Gasteiger partial charge >= 0.3 is 0 Å². The third-order valence-electron chi connectivity index (χ3n) is 4.36. The number of hydrogen-bond donors (Lipinski definition) is 0. The first-order chi connectivity index (χ1) is 11.6. The van der Waals surface area contributed by atoms with Crippen molar-refractivity contribution in [2.24, 2.45) is 0 Å². The molecular formula is C18H26N4O2. The number of nitrogens with zero attached hydrogens (tertiary/aromatic N) is 4. The van der Waals surface area contributed by atoms with Crippen LogP contribution in [0.15, 0.2) is 30.6 Å². The lowest BCUT2D eigenvalue weighted by molar-refractivity contribution is -0.132. The summed E-state index contributed by atoms with van der Waals surface area (Å²) in [6.07, 6.45) is 6.53. The molecule has 2 aromatic heterocycles. The molecule has 0 N–H and O–H groups in total. The monoisotopic (exact) mass is 330 g/mol. The minimum atomic E-state index is 0.121. The third kappa shape index (κ3) is 4.33. The van der Waals surface area contributed by atoms with E-state index >= 15 is 0 Å². The maximum Gasteiger partial charge on any atom is 0.228 e. The number of pyridine rings is 1. The summed E-state index contributed by atoms with van der Waals surface area (Å²) >= 11 is 0. The van der Waals surface area contributed by atoms with E-state index in [1.54, 1.807) is 0 Å². The molecule has 1 aliphatic rings. The highest BCUT2D eigenvalue weighted by atomic mass is 16.5. The average Bonchev–Trinajstić information content (AvgIpc) is 3.19. The second-order valence-corrected chi connectivity index (χ2v) is 6.65. The molecule has 0 unspecified atom stereocenters. The number of carbonyl (C=O) groups is 1. The predicted octanol–water partition coefficient (Wildman–Crippen LogP) is 1.45. The van der Waals surface area contributed by atoms with E-state index in [-0.39, 0.29) is 12.0 Å². The molecule has 1 amide bonds. The van der Waals surface area contributed by atoms with Crippen molar-refractivity contribution in [1.29, 1.82) is 0 Å². The van der Waals surface area contributed by atoms with Gasteiger partial charge in [-0.15, -0.1) is 0 Å². The smallest absolute Gasteiger partial charge is 0.228 e. The van der Waals surface area contributed by atoms with E-state index in [2.05, 4.69) is 9.88 Å². The molecule has 0 aliphatic carbocycles. The van der Waals surface area contributed by atoms with Crippen LogP contribution in [0.5, 0.6) is 0 Å². The van der Waals surface area contributed by atoms with Crippen LogP contribution in [0.1, 0.15) is 18.5 Å². The summed E-state index contributed by atoms with van der Waals surface area (Å²) in [6.45, 7) is 3.07. The Bertz CT molecular complexity index is 643. The van der Waals surface area contributed by atoms with E-state index in [9.17, 15) is 4.79 Å². The fourth-order valence-corrected chi connectivity index (χ4v) is 3.01. The topological polar surface area (TPSA) is 50.1 Å². The number of imidazole rings is 1. The molecule has 2 aromatic rings. The van der Waals surface area contributed by atoms with Crippen LogP contribution in [0.4, 0.5) is 0 Å². The van der Waals surface area contributed by atoms with Crippen molar-refractivity contribution >= 4 is 11.6 Å². The lowest BCUT2D eigenvalue weighted by Gasteiger charge is -2.26. The number of rotatable bonds is 7. The molecule has 0 radical (unpaired) electrons. The van der Waals surface area contributed by atoms with Gasteiger partial charge in [-0.25, -0.2) is 4.98 Å². The van der Waals surface area contributed by atoms with Gasteiger partial charge in [0.15, 0.2) is 0 Å². The molecule has 0 saturated carbocycles. The van der Waals surface area contributed by atoms with Gasteiger partial charge in [0, 0.05) is 38.6 Å². The highest BCUT2D eigenvalue weighted by Crippen LogP contribution is 2.14. The van der Waals surface area contributed by atoms with Crippen LogP contribution < -0.4 is 0 Å². The lowest BCUT2D eigenvalue weighted by atomic mass is 10.2. The maximum absolute atomic E-state index is 12.8. The Labute approximate surface area is 143 Å². The SMILES string of the molecule is CN(C)CCN(C[C@@H]1CCCO1)C(=O)Cc1cn2ccccc2n1. The average molecular weight is 330 g/mol. The largest absolute Gasteiger partial charge is 0.376 e. The first kappa shape index (κ1) is 16.9. The molecule has 1 atom stereocenters. The molecule has 0 aromatic carbocycles. The summed E-state index contributed by atoms with van der Waals surface area (Å²) in [5, 5.41) is 0. The van der Waals surface area contributed by atoms with Crippen LogP contribution in [0.3, 0.4) is 0 Å². The number of likely N-dealkylation sites (N-methyl/N-ethyl adjacent to an activating group) is 1. The molecule has 0 bridgehead atoms. The molecule has 24 heavy (non-hydrogen) atoms. The summed E-state index contributed by atoms with van der Waals surface area (Å²) in [6, 6.07) is 5.86. The lowest BCUT2D eigenvalue weighted by Crippen LogP contribution is -2.42. The third-order valence-corrected chi connectivity index (χ3v) is 4.36. The molecule has 6 nitrogen and oxygen atoms in total. The molecule has 1 aliphatic heterocycles. The Kier molecular flexibility index (Phi) is 5.48. The molecule has 130 valence electrons. The first-order valence-corrected chi connectivity index (χ1v) is 8.58. The standard InChI is InChI=1S/C18H26N4O2/c1-20(2)9-10-22(14-16-6-5-11-24-16)18(23)12-15-13-21-8-4-3-7-17(21)19-15/h3-4,7-8,13,16H,5-6,9-12,14H2,1-2H3/t16-/m0/s1. The van der Waals surface area contributed by atoms with Crippen molar-refractivity contribution < 1.29 is 9.53 Å². The molecule has 1 fully saturated rings. The van der Waals surface area contributed by atoms with E-state index in [1.165, 1.54) is 0 Å². The fourth-order valence-electron chi connectivity index (χ4n) is 3.01. The molecular weight excluding hydrogens is 304 g/mol. The quantitative estimate of drug-likeness (QED) is 0.771. The summed E-state index contributed by atoms with van der Waals surface area (Å²) < 4.78 is 7.66. The molecule has 0 spiro atoms. The van der Waals surface area contributed by atoms with Crippen LogP contribution >= 0.6 is 0 Å².